The number of hydrogen-bond acceptors (Lipinski definition) is 2. The van der Waals surface area contributed by atoms with Crippen molar-refractivity contribution in [2.24, 2.45) is 0 Å². The predicted octanol–water partition coefficient (Wildman–Crippen LogP) is 2.97. The van der Waals surface area contributed by atoms with Crippen molar-refractivity contribution in [3.8, 4) is 0 Å². The van der Waals surface area contributed by atoms with Crippen LogP contribution >= 0.6 is 0 Å². The topological polar surface area (TPSA) is 49.3 Å². The van der Waals surface area contributed by atoms with Crippen molar-refractivity contribution in [2.75, 3.05) is 0 Å². The number of carboxylic acid groups (broad SMARTS) is 1. The lowest BCUT2D eigenvalue weighted by Gasteiger charge is -2.21. The molecule has 1 aromatic rings. The van der Waals surface area contributed by atoms with Crippen LogP contribution < -0.4 is 5.32 Å². The second kappa shape index (κ2) is 5.56. The van der Waals surface area contributed by atoms with E-state index in [2.05, 4.69) is 5.32 Å². The Labute approximate surface area is 107 Å². The largest absolute Gasteiger partial charge is 0.480 e. The summed E-state index contributed by atoms with van der Waals surface area (Å²) in [6, 6.07) is 0.0618. The maximum absolute atomic E-state index is 12.9. The van der Waals surface area contributed by atoms with Gasteiger partial charge in [-0.15, -0.1) is 0 Å². The van der Waals surface area contributed by atoms with Gasteiger partial charge in [0.2, 0.25) is 0 Å². The molecule has 0 aromatic heterocycles. The first-order chi connectivity index (χ1) is 8.62. The summed E-state index contributed by atoms with van der Waals surface area (Å²) in [6.45, 7) is 3.21. The molecule has 1 atom stereocenters. The molecule has 0 saturated heterocycles. The zero-order chi connectivity index (χ0) is 14.8. The van der Waals surface area contributed by atoms with Gasteiger partial charge in [-0.1, -0.05) is 6.07 Å². The molecule has 1 unspecified atom stereocenters. The molecule has 0 aliphatic heterocycles. The highest BCUT2D eigenvalue weighted by molar-refractivity contribution is 5.76. The molecule has 0 heterocycles. The van der Waals surface area contributed by atoms with Gasteiger partial charge >= 0.3 is 12.1 Å². The van der Waals surface area contributed by atoms with E-state index in [-0.39, 0.29) is 6.04 Å². The molecule has 7 heteroatoms. The lowest BCUT2D eigenvalue weighted by molar-refractivity contribution is -0.142. The van der Waals surface area contributed by atoms with Gasteiger partial charge in [-0.25, -0.2) is 4.39 Å². The Hall–Kier alpha value is -1.63. The molecular weight excluding hydrogens is 266 g/mol. The van der Waals surface area contributed by atoms with Crippen LogP contribution in [0.4, 0.5) is 17.6 Å². The molecule has 0 spiro atoms. The number of alkyl halides is 3. The lowest BCUT2D eigenvalue weighted by Crippen LogP contribution is -2.35. The normalized spacial score (nSPS) is 13.6. The molecule has 3 nitrogen and oxygen atoms in total. The van der Waals surface area contributed by atoms with E-state index in [0.717, 1.165) is 12.1 Å². The number of halogens is 4. The molecule has 1 rings (SSSR count). The van der Waals surface area contributed by atoms with Gasteiger partial charge < -0.3 is 5.11 Å². The van der Waals surface area contributed by atoms with E-state index in [1.54, 1.807) is 13.8 Å². The zero-order valence-corrected chi connectivity index (χ0v) is 10.3. The van der Waals surface area contributed by atoms with Crippen LogP contribution in [0.15, 0.2) is 18.2 Å². The Bertz CT molecular complexity index is 471. The van der Waals surface area contributed by atoms with Crippen LogP contribution in [0.3, 0.4) is 0 Å². The average Bonchev–Trinajstić information content (AvgIpc) is 2.24. The number of aliphatic carboxylic acids is 1. The van der Waals surface area contributed by atoms with Crippen LogP contribution in [-0.2, 0) is 11.0 Å². The fourth-order valence-electron chi connectivity index (χ4n) is 1.65. The quantitative estimate of drug-likeness (QED) is 0.833. The first-order valence-electron chi connectivity index (χ1n) is 5.48. The van der Waals surface area contributed by atoms with Gasteiger partial charge in [-0.05, 0) is 31.5 Å². The summed E-state index contributed by atoms with van der Waals surface area (Å²) in [5.74, 6) is -2.52. The van der Waals surface area contributed by atoms with Crippen LogP contribution in [0.5, 0.6) is 0 Å². The Balaban J connectivity index is 3.34. The SMILES string of the molecule is CC(C)NC(C(=O)O)c1ccc(F)cc1C(F)(F)F. The smallest absolute Gasteiger partial charge is 0.416 e. The average molecular weight is 279 g/mol. The van der Waals surface area contributed by atoms with Crippen LogP contribution in [-0.4, -0.2) is 17.1 Å². The molecule has 0 fully saturated rings. The molecule has 0 saturated carbocycles. The maximum atomic E-state index is 12.9. The molecule has 0 amide bonds. The number of nitrogens with one attached hydrogen (secondary N) is 1. The Morgan fingerprint density at radius 2 is 1.89 bits per heavy atom. The number of carbonyl (C=O) groups is 1. The van der Waals surface area contributed by atoms with Gasteiger partial charge in [0.25, 0.3) is 0 Å². The van der Waals surface area contributed by atoms with E-state index in [1.165, 1.54) is 0 Å². The second-order valence-electron chi connectivity index (χ2n) is 4.32. The molecule has 0 bridgehead atoms. The van der Waals surface area contributed by atoms with Gasteiger partial charge in [0.15, 0.2) is 0 Å². The molecule has 2 N–H and O–H groups in total. The number of rotatable bonds is 4. The highest BCUT2D eigenvalue weighted by Crippen LogP contribution is 2.35. The van der Waals surface area contributed by atoms with E-state index < -0.39 is 35.1 Å². The van der Waals surface area contributed by atoms with Crippen LogP contribution in [0.2, 0.25) is 0 Å². The van der Waals surface area contributed by atoms with Crippen molar-refractivity contribution in [1.82, 2.24) is 5.32 Å². The number of benzene rings is 1. The Kier molecular flexibility index (Phi) is 4.52. The van der Waals surface area contributed by atoms with Gasteiger partial charge in [0.1, 0.15) is 11.9 Å². The molecular formula is C12H13F4NO2. The van der Waals surface area contributed by atoms with Gasteiger partial charge in [-0.3, -0.25) is 10.1 Å². The van der Waals surface area contributed by atoms with Crippen molar-refractivity contribution in [2.45, 2.75) is 32.1 Å². The van der Waals surface area contributed by atoms with Gasteiger partial charge in [0.05, 0.1) is 5.56 Å². The van der Waals surface area contributed by atoms with E-state index in [0.29, 0.717) is 6.07 Å². The van der Waals surface area contributed by atoms with E-state index >= 15 is 0 Å². The highest BCUT2D eigenvalue weighted by Gasteiger charge is 2.37. The summed E-state index contributed by atoms with van der Waals surface area (Å²) in [6.07, 6.45) is -4.82. The third-order valence-corrected chi connectivity index (χ3v) is 2.38. The molecule has 0 aliphatic rings. The summed E-state index contributed by atoms with van der Waals surface area (Å²) >= 11 is 0. The fourth-order valence-corrected chi connectivity index (χ4v) is 1.65. The molecule has 0 radical (unpaired) electrons. The highest BCUT2D eigenvalue weighted by atomic mass is 19.4. The van der Waals surface area contributed by atoms with Crippen molar-refractivity contribution in [1.29, 1.82) is 0 Å². The lowest BCUT2D eigenvalue weighted by atomic mass is 9.99. The maximum Gasteiger partial charge on any atom is 0.416 e. The van der Waals surface area contributed by atoms with E-state index in [9.17, 15) is 22.4 Å². The summed E-state index contributed by atoms with van der Waals surface area (Å²) < 4.78 is 51.3. The standard InChI is InChI=1S/C12H13F4NO2/c1-6(2)17-10(11(18)19)8-4-3-7(13)5-9(8)12(14,15)16/h3-6,10,17H,1-2H3,(H,18,19). The van der Waals surface area contributed by atoms with E-state index in [4.69, 9.17) is 5.11 Å². The summed E-state index contributed by atoms with van der Waals surface area (Å²) in [7, 11) is 0. The Morgan fingerprint density at radius 3 is 2.32 bits per heavy atom. The third kappa shape index (κ3) is 3.92. The molecule has 1 aromatic carbocycles. The first kappa shape index (κ1) is 15.4. The van der Waals surface area contributed by atoms with Crippen molar-refractivity contribution >= 4 is 5.97 Å². The minimum Gasteiger partial charge on any atom is -0.480 e. The minimum atomic E-state index is -4.82. The van der Waals surface area contributed by atoms with Crippen molar-refractivity contribution in [3.63, 3.8) is 0 Å². The van der Waals surface area contributed by atoms with Gasteiger partial charge in [0, 0.05) is 6.04 Å². The monoisotopic (exact) mass is 279 g/mol. The minimum absolute atomic E-state index is 0.299. The summed E-state index contributed by atoms with van der Waals surface area (Å²) in [5, 5.41) is 11.5. The van der Waals surface area contributed by atoms with Crippen LogP contribution in [0, 0.1) is 5.82 Å². The molecule has 106 valence electrons. The Morgan fingerprint density at radius 1 is 1.32 bits per heavy atom. The van der Waals surface area contributed by atoms with Crippen molar-refractivity contribution in [3.05, 3.63) is 35.1 Å². The van der Waals surface area contributed by atoms with Crippen LogP contribution in [0.1, 0.15) is 31.0 Å². The zero-order valence-electron chi connectivity index (χ0n) is 10.3. The van der Waals surface area contributed by atoms with Crippen LogP contribution in [0.25, 0.3) is 0 Å². The first-order valence-corrected chi connectivity index (χ1v) is 5.48. The summed E-state index contributed by atoms with van der Waals surface area (Å²) in [5.41, 5.74) is -1.79. The fraction of sp³-hybridized carbons (Fsp3) is 0.417. The van der Waals surface area contributed by atoms with E-state index in [1.807, 2.05) is 0 Å². The second-order valence-corrected chi connectivity index (χ2v) is 4.32. The number of hydrogen-bond donors (Lipinski definition) is 2. The summed E-state index contributed by atoms with van der Waals surface area (Å²) in [4.78, 5) is 11.1. The predicted molar refractivity (Wildman–Crippen MR) is 60.1 cm³/mol. The molecule has 0 aliphatic carbocycles. The third-order valence-electron chi connectivity index (χ3n) is 2.38. The van der Waals surface area contributed by atoms with Gasteiger partial charge in [-0.2, -0.15) is 13.2 Å². The van der Waals surface area contributed by atoms with Crippen molar-refractivity contribution < 1.29 is 27.5 Å². The number of carboxylic acids is 1. The molecule has 19 heavy (non-hydrogen) atoms.